The maximum atomic E-state index is 13.1. The van der Waals surface area contributed by atoms with Crippen LogP contribution < -0.4 is 15.5 Å². The van der Waals surface area contributed by atoms with Gasteiger partial charge in [0.05, 0.1) is 0 Å². The van der Waals surface area contributed by atoms with Crippen molar-refractivity contribution < 1.29 is 14.0 Å². The Balaban J connectivity index is 1.51. The average molecular weight is 427 g/mol. The van der Waals surface area contributed by atoms with E-state index in [0.717, 1.165) is 25.1 Å². The van der Waals surface area contributed by atoms with E-state index < -0.39 is 12.1 Å². The number of hydrogen-bond donors (Lipinski definition) is 2. The van der Waals surface area contributed by atoms with Crippen molar-refractivity contribution in [2.75, 3.05) is 31.1 Å². The number of amides is 3. The zero-order chi connectivity index (χ0) is 22.2. The molecule has 3 rings (SSSR count). The lowest BCUT2D eigenvalue weighted by atomic mass is 10.1. The summed E-state index contributed by atoms with van der Waals surface area (Å²) in [4.78, 5) is 29.5. The number of rotatable bonds is 7. The molecule has 7 heteroatoms. The van der Waals surface area contributed by atoms with Gasteiger partial charge in [0.1, 0.15) is 11.9 Å². The van der Waals surface area contributed by atoms with Crippen molar-refractivity contribution in [1.82, 2.24) is 15.5 Å². The highest BCUT2D eigenvalue weighted by molar-refractivity contribution is 5.87. The van der Waals surface area contributed by atoms with Crippen molar-refractivity contribution in [2.45, 2.75) is 39.3 Å². The molecule has 3 amide bonds. The molecule has 166 valence electrons. The minimum Gasteiger partial charge on any atom is -0.368 e. The summed E-state index contributed by atoms with van der Waals surface area (Å²) in [7, 11) is 0. The number of nitrogens with one attached hydrogen (secondary N) is 2. The van der Waals surface area contributed by atoms with Gasteiger partial charge in [-0.2, -0.15) is 0 Å². The lowest BCUT2D eigenvalue weighted by Gasteiger charge is -2.37. The summed E-state index contributed by atoms with van der Waals surface area (Å²) >= 11 is 0. The number of urea groups is 1. The lowest BCUT2D eigenvalue weighted by molar-refractivity contribution is -0.133. The summed E-state index contributed by atoms with van der Waals surface area (Å²) in [5.74, 6) is -0.355. The fraction of sp³-hybridized carbons (Fsp3) is 0.417. The average Bonchev–Trinajstić information content (AvgIpc) is 2.78. The number of halogens is 1. The molecule has 0 radical (unpaired) electrons. The molecule has 1 unspecified atom stereocenters. The van der Waals surface area contributed by atoms with Crippen molar-refractivity contribution in [3.8, 4) is 0 Å². The summed E-state index contributed by atoms with van der Waals surface area (Å²) in [6, 6.07) is 13.4. The number of anilines is 1. The van der Waals surface area contributed by atoms with Crippen LogP contribution >= 0.6 is 0 Å². The number of carbonyl (C=O) groups is 2. The Morgan fingerprint density at radius 3 is 2.42 bits per heavy atom. The highest BCUT2D eigenvalue weighted by atomic mass is 19.1. The Bertz CT molecular complexity index is 879. The van der Waals surface area contributed by atoms with E-state index in [-0.39, 0.29) is 18.3 Å². The molecule has 6 nitrogen and oxygen atoms in total. The lowest BCUT2D eigenvalue weighted by Crippen LogP contribution is -2.56. The molecule has 1 fully saturated rings. The molecule has 0 bridgehead atoms. The summed E-state index contributed by atoms with van der Waals surface area (Å²) < 4.78 is 13.0. The second-order valence-corrected chi connectivity index (χ2v) is 7.95. The van der Waals surface area contributed by atoms with Gasteiger partial charge in [0.25, 0.3) is 0 Å². The minimum absolute atomic E-state index is 0.0392. The van der Waals surface area contributed by atoms with Gasteiger partial charge < -0.3 is 20.4 Å². The summed E-state index contributed by atoms with van der Waals surface area (Å²) in [6.45, 7) is 7.14. The first kappa shape index (κ1) is 22.6. The molecule has 0 aromatic heterocycles. The molecule has 1 aliphatic rings. The van der Waals surface area contributed by atoms with E-state index >= 15 is 0 Å². The highest BCUT2D eigenvalue weighted by Crippen LogP contribution is 2.18. The monoisotopic (exact) mass is 426 g/mol. The van der Waals surface area contributed by atoms with Gasteiger partial charge in [0, 0.05) is 38.4 Å². The molecule has 2 aromatic carbocycles. The number of benzene rings is 2. The van der Waals surface area contributed by atoms with E-state index in [1.807, 2.05) is 17.9 Å². The van der Waals surface area contributed by atoms with Crippen LogP contribution in [0.25, 0.3) is 0 Å². The summed E-state index contributed by atoms with van der Waals surface area (Å²) in [6.07, 6.45) is 1.37. The number of carbonyl (C=O) groups excluding carboxylic acids is 2. The molecule has 2 N–H and O–H groups in total. The summed E-state index contributed by atoms with van der Waals surface area (Å²) in [5.41, 5.74) is 3.19. The van der Waals surface area contributed by atoms with Crippen molar-refractivity contribution in [3.05, 3.63) is 65.5 Å². The van der Waals surface area contributed by atoms with Gasteiger partial charge in [-0.1, -0.05) is 37.6 Å². The van der Waals surface area contributed by atoms with Gasteiger partial charge >= 0.3 is 6.03 Å². The Hall–Kier alpha value is -3.09. The van der Waals surface area contributed by atoms with E-state index in [1.165, 1.54) is 23.4 Å². The molecule has 1 atom stereocenters. The molecule has 2 aromatic rings. The molecule has 0 saturated carbocycles. The smallest absolute Gasteiger partial charge is 0.315 e. The van der Waals surface area contributed by atoms with Crippen molar-refractivity contribution in [3.63, 3.8) is 0 Å². The van der Waals surface area contributed by atoms with Crippen LogP contribution in [-0.2, 0) is 11.3 Å². The number of hydrogen-bond acceptors (Lipinski definition) is 3. The maximum Gasteiger partial charge on any atom is 0.315 e. The molecule has 1 saturated heterocycles. The quantitative estimate of drug-likeness (QED) is 0.713. The molecule has 31 heavy (non-hydrogen) atoms. The van der Waals surface area contributed by atoms with Crippen LogP contribution in [-0.4, -0.2) is 49.1 Å². The molecule has 0 spiro atoms. The third kappa shape index (κ3) is 6.44. The van der Waals surface area contributed by atoms with Crippen LogP contribution in [0.4, 0.5) is 14.9 Å². The van der Waals surface area contributed by atoms with Gasteiger partial charge in [-0.05, 0) is 48.7 Å². The Labute approximate surface area is 183 Å². The first-order valence-electron chi connectivity index (χ1n) is 10.9. The maximum absolute atomic E-state index is 13.1. The van der Waals surface area contributed by atoms with Crippen LogP contribution in [0, 0.1) is 12.7 Å². The van der Waals surface area contributed by atoms with Crippen LogP contribution in [0.3, 0.4) is 0 Å². The third-order valence-corrected chi connectivity index (χ3v) is 5.51. The third-order valence-electron chi connectivity index (χ3n) is 5.51. The fourth-order valence-corrected chi connectivity index (χ4v) is 3.77. The van der Waals surface area contributed by atoms with Gasteiger partial charge in [0.15, 0.2) is 0 Å². The van der Waals surface area contributed by atoms with Crippen LogP contribution in [0.5, 0.6) is 0 Å². The highest BCUT2D eigenvalue weighted by Gasteiger charge is 2.28. The van der Waals surface area contributed by atoms with E-state index in [4.69, 9.17) is 0 Å². The normalized spacial score (nSPS) is 14.8. The first-order chi connectivity index (χ1) is 15.0. The number of piperazine rings is 1. The second kappa shape index (κ2) is 10.8. The molecular formula is C24H31FN4O2. The molecule has 1 heterocycles. The minimum atomic E-state index is -0.552. The predicted octanol–water partition coefficient (Wildman–Crippen LogP) is 3.45. The van der Waals surface area contributed by atoms with Gasteiger partial charge in [-0.25, -0.2) is 9.18 Å². The van der Waals surface area contributed by atoms with E-state index in [9.17, 15) is 14.0 Å². The summed E-state index contributed by atoms with van der Waals surface area (Å²) in [5, 5.41) is 5.57. The van der Waals surface area contributed by atoms with Gasteiger partial charge in [-0.3, -0.25) is 4.79 Å². The van der Waals surface area contributed by atoms with Crippen LogP contribution in [0.2, 0.25) is 0 Å². The van der Waals surface area contributed by atoms with Gasteiger partial charge in [-0.15, -0.1) is 0 Å². The Kier molecular flexibility index (Phi) is 7.87. The number of aryl methyl sites for hydroxylation is 1. The number of nitrogens with zero attached hydrogens (tertiary/aromatic N) is 2. The Morgan fingerprint density at radius 1 is 1.06 bits per heavy atom. The van der Waals surface area contributed by atoms with Crippen molar-refractivity contribution in [1.29, 1.82) is 0 Å². The molecular weight excluding hydrogens is 395 g/mol. The molecule has 1 aliphatic heterocycles. The zero-order valence-corrected chi connectivity index (χ0v) is 18.2. The van der Waals surface area contributed by atoms with E-state index in [1.54, 1.807) is 12.1 Å². The van der Waals surface area contributed by atoms with Gasteiger partial charge in [0.2, 0.25) is 5.91 Å². The van der Waals surface area contributed by atoms with Crippen LogP contribution in [0.15, 0.2) is 48.5 Å². The largest absolute Gasteiger partial charge is 0.368 e. The fourth-order valence-electron chi connectivity index (χ4n) is 3.77. The second-order valence-electron chi connectivity index (χ2n) is 7.95. The van der Waals surface area contributed by atoms with Crippen molar-refractivity contribution >= 4 is 17.6 Å². The van der Waals surface area contributed by atoms with Crippen molar-refractivity contribution in [2.24, 2.45) is 0 Å². The Morgan fingerprint density at radius 2 is 1.77 bits per heavy atom. The van der Waals surface area contributed by atoms with E-state index in [2.05, 4.69) is 40.7 Å². The van der Waals surface area contributed by atoms with Crippen LogP contribution in [0.1, 0.15) is 30.9 Å². The predicted molar refractivity (Wildman–Crippen MR) is 120 cm³/mol. The SMILES string of the molecule is CCCC(NC(=O)NCc1ccc(F)cc1)C(=O)N1CCN(c2cccc(C)c2)CC1. The zero-order valence-electron chi connectivity index (χ0n) is 18.2. The van der Waals surface area contributed by atoms with E-state index in [0.29, 0.717) is 19.5 Å². The topological polar surface area (TPSA) is 64.7 Å². The first-order valence-corrected chi connectivity index (χ1v) is 10.9. The molecule has 0 aliphatic carbocycles. The standard InChI is InChI=1S/C24H31FN4O2/c1-3-5-22(27-24(31)26-17-19-8-10-20(25)11-9-19)23(30)29-14-12-28(13-15-29)21-7-4-6-18(2)16-21/h4,6-11,16,22H,3,5,12-15,17H2,1-2H3,(H2,26,27,31).